The summed E-state index contributed by atoms with van der Waals surface area (Å²) in [6.07, 6.45) is 4.26. The molecule has 1 aromatic heterocycles. The molecule has 1 aliphatic heterocycles. The lowest BCUT2D eigenvalue weighted by atomic mass is 10.0. The van der Waals surface area contributed by atoms with Crippen LogP contribution in [0.15, 0.2) is 11.2 Å². The fourth-order valence-corrected chi connectivity index (χ4v) is 2.46. The standard InChI is InChI=1S/C13H22N4OS/c1-3-14-11-8-12(17-13(16-11)19-2)15-9-10-4-6-18-7-5-10/h8,10H,3-7,9H2,1-2H3,(H2,14,15,16,17). The van der Waals surface area contributed by atoms with Crippen LogP contribution in [-0.2, 0) is 4.74 Å². The molecule has 106 valence electrons. The van der Waals surface area contributed by atoms with Crippen LogP contribution in [0.4, 0.5) is 11.6 Å². The van der Waals surface area contributed by atoms with E-state index in [1.54, 1.807) is 11.8 Å². The Bertz CT molecular complexity index is 396. The summed E-state index contributed by atoms with van der Waals surface area (Å²) in [4.78, 5) is 8.91. The fraction of sp³-hybridized carbons (Fsp3) is 0.692. The molecule has 0 saturated carbocycles. The molecule has 0 aromatic carbocycles. The maximum Gasteiger partial charge on any atom is 0.191 e. The summed E-state index contributed by atoms with van der Waals surface area (Å²) in [5.41, 5.74) is 0. The first-order chi connectivity index (χ1) is 9.31. The molecule has 0 unspecified atom stereocenters. The van der Waals surface area contributed by atoms with Crippen molar-refractivity contribution in [2.45, 2.75) is 24.9 Å². The van der Waals surface area contributed by atoms with E-state index in [9.17, 15) is 0 Å². The minimum absolute atomic E-state index is 0.684. The van der Waals surface area contributed by atoms with Crippen LogP contribution in [0, 0.1) is 5.92 Å². The minimum Gasteiger partial charge on any atom is -0.381 e. The van der Waals surface area contributed by atoms with Crippen LogP contribution >= 0.6 is 11.8 Å². The molecule has 6 heteroatoms. The first kappa shape index (κ1) is 14.4. The Hall–Kier alpha value is -1.01. The number of nitrogens with one attached hydrogen (secondary N) is 2. The van der Waals surface area contributed by atoms with Crippen molar-refractivity contribution in [1.82, 2.24) is 9.97 Å². The number of hydrogen-bond acceptors (Lipinski definition) is 6. The molecule has 2 heterocycles. The Kier molecular flexibility index (Phi) is 5.72. The van der Waals surface area contributed by atoms with Gasteiger partial charge in [0.25, 0.3) is 0 Å². The summed E-state index contributed by atoms with van der Waals surface area (Å²) in [6, 6.07) is 1.97. The maximum atomic E-state index is 5.37. The van der Waals surface area contributed by atoms with Gasteiger partial charge in [-0.2, -0.15) is 0 Å². The largest absolute Gasteiger partial charge is 0.381 e. The van der Waals surface area contributed by atoms with Crippen molar-refractivity contribution >= 4 is 23.4 Å². The Morgan fingerprint density at radius 1 is 1.26 bits per heavy atom. The molecular formula is C13H22N4OS. The third-order valence-electron chi connectivity index (χ3n) is 3.16. The molecule has 19 heavy (non-hydrogen) atoms. The molecule has 1 fully saturated rings. The van der Waals surface area contributed by atoms with Gasteiger partial charge in [0, 0.05) is 32.4 Å². The second kappa shape index (κ2) is 7.55. The van der Waals surface area contributed by atoms with Gasteiger partial charge in [-0.05, 0) is 31.9 Å². The number of nitrogens with zero attached hydrogens (tertiary/aromatic N) is 2. The lowest BCUT2D eigenvalue weighted by Gasteiger charge is -2.22. The number of thioether (sulfide) groups is 1. The van der Waals surface area contributed by atoms with Gasteiger partial charge in [0.05, 0.1) is 0 Å². The Balaban J connectivity index is 1.95. The molecule has 1 aliphatic rings. The average Bonchev–Trinajstić information content (AvgIpc) is 2.46. The van der Waals surface area contributed by atoms with Gasteiger partial charge >= 0.3 is 0 Å². The number of rotatable bonds is 6. The lowest BCUT2D eigenvalue weighted by Crippen LogP contribution is -2.23. The van der Waals surface area contributed by atoms with Crippen LogP contribution in [-0.4, -0.2) is 42.5 Å². The molecule has 0 aliphatic carbocycles. The normalized spacial score (nSPS) is 16.3. The van der Waals surface area contributed by atoms with E-state index in [-0.39, 0.29) is 0 Å². The van der Waals surface area contributed by atoms with Crippen molar-refractivity contribution < 1.29 is 4.74 Å². The Labute approximate surface area is 118 Å². The van der Waals surface area contributed by atoms with E-state index in [1.807, 2.05) is 12.3 Å². The quantitative estimate of drug-likeness (QED) is 0.617. The predicted molar refractivity (Wildman–Crippen MR) is 80.0 cm³/mol. The van der Waals surface area contributed by atoms with Gasteiger partial charge in [-0.1, -0.05) is 11.8 Å². The number of hydrogen-bond donors (Lipinski definition) is 2. The molecule has 0 radical (unpaired) electrons. The van der Waals surface area contributed by atoms with Crippen LogP contribution in [0.2, 0.25) is 0 Å². The Morgan fingerprint density at radius 2 is 1.95 bits per heavy atom. The molecule has 0 bridgehead atoms. The monoisotopic (exact) mass is 282 g/mol. The highest BCUT2D eigenvalue weighted by Gasteiger charge is 2.14. The molecule has 2 rings (SSSR count). The highest BCUT2D eigenvalue weighted by Crippen LogP contribution is 2.19. The van der Waals surface area contributed by atoms with E-state index >= 15 is 0 Å². The third-order valence-corrected chi connectivity index (χ3v) is 3.71. The zero-order valence-corrected chi connectivity index (χ0v) is 12.4. The highest BCUT2D eigenvalue weighted by molar-refractivity contribution is 7.98. The summed E-state index contributed by atoms with van der Waals surface area (Å²) >= 11 is 1.56. The maximum absolute atomic E-state index is 5.37. The SMILES string of the molecule is CCNc1cc(NCC2CCOCC2)nc(SC)n1. The van der Waals surface area contributed by atoms with Crippen LogP contribution in [0.1, 0.15) is 19.8 Å². The molecule has 0 spiro atoms. The second-order valence-corrected chi connectivity index (χ2v) is 5.37. The van der Waals surface area contributed by atoms with Gasteiger partial charge in [0.2, 0.25) is 0 Å². The first-order valence-electron chi connectivity index (χ1n) is 6.80. The van der Waals surface area contributed by atoms with Gasteiger partial charge in [0.15, 0.2) is 5.16 Å². The number of anilines is 2. The summed E-state index contributed by atoms with van der Waals surface area (Å²) in [6.45, 7) is 5.66. The van der Waals surface area contributed by atoms with E-state index in [0.717, 1.165) is 55.9 Å². The van der Waals surface area contributed by atoms with Crippen molar-refractivity contribution in [3.8, 4) is 0 Å². The van der Waals surface area contributed by atoms with E-state index in [1.165, 1.54) is 0 Å². The van der Waals surface area contributed by atoms with Gasteiger partial charge in [-0.25, -0.2) is 9.97 Å². The lowest BCUT2D eigenvalue weighted by molar-refractivity contribution is 0.0699. The molecule has 0 amide bonds. The van der Waals surface area contributed by atoms with Gasteiger partial charge < -0.3 is 15.4 Å². The van der Waals surface area contributed by atoms with E-state index in [2.05, 4.69) is 27.5 Å². The van der Waals surface area contributed by atoms with Crippen LogP contribution in [0.3, 0.4) is 0 Å². The van der Waals surface area contributed by atoms with E-state index in [4.69, 9.17) is 4.74 Å². The summed E-state index contributed by atoms with van der Waals surface area (Å²) in [7, 11) is 0. The number of aromatic nitrogens is 2. The van der Waals surface area contributed by atoms with E-state index in [0.29, 0.717) is 5.92 Å². The topological polar surface area (TPSA) is 59.1 Å². The van der Waals surface area contributed by atoms with Gasteiger partial charge in [0.1, 0.15) is 11.6 Å². The molecular weight excluding hydrogens is 260 g/mol. The van der Waals surface area contributed by atoms with Crippen molar-refractivity contribution in [3.63, 3.8) is 0 Å². The second-order valence-electron chi connectivity index (χ2n) is 4.59. The predicted octanol–water partition coefficient (Wildman–Crippen LogP) is 2.47. The summed E-state index contributed by atoms with van der Waals surface area (Å²) < 4.78 is 5.37. The van der Waals surface area contributed by atoms with Crippen LogP contribution in [0.25, 0.3) is 0 Å². The first-order valence-corrected chi connectivity index (χ1v) is 8.03. The van der Waals surface area contributed by atoms with Crippen molar-refractivity contribution in [2.24, 2.45) is 5.92 Å². The third kappa shape index (κ3) is 4.54. The average molecular weight is 282 g/mol. The summed E-state index contributed by atoms with van der Waals surface area (Å²) in [5.74, 6) is 2.47. The van der Waals surface area contributed by atoms with Gasteiger partial charge in [-0.15, -0.1) is 0 Å². The van der Waals surface area contributed by atoms with Crippen LogP contribution < -0.4 is 10.6 Å². The molecule has 1 saturated heterocycles. The van der Waals surface area contributed by atoms with Crippen molar-refractivity contribution in [3.05, 3.63) is 6.07 Å². The zero-order chi connectivity index (χ0) is 13.5. The minimum atomic E-state index is 0.684. The molecule has 2 N–H and O–H groups in total. The highest BCUT2D eigenvalue weighted by atomic mass is 32.2. The van der Waals surface area contributed by atoms with E-state index < -0.39 is 0 Å². The number of ether oxygens (including phenoxy) is 1. The Morgan fingerprint density at radius 3 is 2.58 bits per heavy atom. The zero-order valence-electron chi connectivity index (χ0n) is 11.6. The van der Waals surface area contributed by atoms with Crippen LogP contribution in [0.5, 0.6) is 0 Å². The molecule has 5 nitrogen and oxygen atoms in total. The molecule has 1 aromatic rings. The smallest absolute Gasteiger partial charge is 0.191 e. The van der Waals surface area contributed by atoms with Crippen molar-refractivity contribution in [1.29, 1.82) is 0 Å². The fourth-order valence-electron chi connectivity index (χ4n) is 2.08. The summed E-state index contributed by atoms with van der Waals surface area (Å²) in [5, 5.41) is 7.46. The van der Waals surface area contributed by atoms with Crippen molar-refractivity contribution in [2.75, 3.05) is 43.2 Å². The molecule has 0 atom stereocenters. The van der Waals surface area contributed by atoms with Gasteiger partial charge in [-0.3, -0.25) is 0 Å².